The number of hydrogen-bond donors (Lipinski definition) is 0. The fourth-order valence-corrected chi connectivity index (χ4v) is 4.86. The minimum atomic E-state index is 0.830. The maximum atomic E-state index is 4.67. The maximum Gasteiger partial charge on any atom is 0.0702 e. The van der Waals surface area contributed by atoms with Crippen molar-refractivity contribution >= 4 is 0 Å². The number of hydrogen-bond acceptors (Lipinski definition) is 1. The van der Waals surface area contributed by atoms with Gasteiger partial charge < -0.3 is 0 Å². The Hall–Kier alpha value is -1.89. The van der Waals surface area contributed by atoms with Crippen LogP contribution in [0.4, 0.5) is 0 Å². The lowest BCUT2D eigenvalue weighted by atomic mass is 9.79. The molecule has 1 aliphatic rings. The number of aryl methyl sites for hydroxylation is 2. The summed E-state index contributed by atoms with van der Waals surface area (Å²) in [6.07, 6.45) is 24.3. The van der Waals surface area contributed by atoms with Crippen LogP contribution in [0.2, 0.25) is 0 Å². The van der Waals surface area contributed by atoms with Crippen molar-refractivity contribution in [1.82, 2.24) is 4.98 Å². The Bertz CT molecular complexity index is 748. The first kappa shape index (κ1) is 23.8. The van der Waals surface area contributed by atoms with Crippen molar-refractivity contribution in [1.29, 1.82) is 0 Å². The van der Waals surface area contributed by atoms with Gasteiger partial charge in [-0.05, 0) is 80.4 Å². The third-order valence-electron chi connectivity index (χ3n) is 7.01. The molecule has 0 aliphatic heterocycles. The van der Waals surface area contributed by atoms with Crippen LogP contribution in [-0.4, -0.2) is 4.98 Å². The number of allylic oxidation sites excluding steroid dienone is 2. The van der Waals surface area contributed by atoms with Gasteiger partial charge in [0.05, 0.1) is 5.69 Å². The van der Waals surface area contributed by atoms with Gasteiger partial charge in [0.2, 0.25) is 0 Å². The summed E-state index contributed by atoms with van der Waals surface area (Å²) in [4.78, 5) is 4.67. The molecule has 1 aromatic carbocycles. The molecule has 1 fully saturated rings. The Balaban J connectivity index is 1.38. The van der Waals surface area contributed by atoms with Gasteiger partial charge in [0.25, 0.3) is 0 Å². The monoisotopic (exact) mass is 417 g/mol. The minimum Gasteiger partial charge on any atom is -0.256 e. The molecule has 0 atom stereocenters. The molecule has 0 radical (unpaired) electrons. The number of benzene rings is 1. The van der Waals surface area contributed by atoms with Gasteiger partial charge in [0.1, 0.15) is 0 Å². The van der Waals surface area contributed by atoms with Gasteiger partial charge in [-0.3, -0.25) is 4.98 Å². The topological polar surface area (TPSA) is 12.9 Å². The lowest BCUT2D eigenvalue weighted by molar-refractivity contribution is 0.289. The van der Waals surface area contributed by atoms with Crippen molar-refractivity contribution in [2.45, 2.75) is 97.3 Å². The van der Waals surface area contributed by atoms with Crippen molar-refractivity contribution in [3.63, 3.8) is 0 Å². The summed E-state index contributed by atoms with van der Waals surface area (Å²) in [7, 11) is 0. The zero-order valence-electron chi connectivity index (χ0n) is 20.0. The van der Waals surface area contributed by atoms with E-state index in [1.165, 1.54) is 80.9 Å². The zero-order valence-corrected chi connectivity index (χ0v) is 20.0. The summed E-state index contributed by atoms with van der Waals surface area (Å²) in [6.45, 7) is 4.54. The molecular weight excluding hydrogens is 374 g/mol. The van der Waals surface area contributed by atoms with Crippen molar-refractivity contribution in [2.75, 3.05) is 0 Å². The molecule has 1 heteroatoms. The van der Waals surface area contributed by atoms with Gasteiger partial charge in [-0.15, -0.1) is 0 Å². The Morgan fingerprint density at radius 3 is 2.23 bits per heavy atom. The normalized spacial score (nSPS) is 19.2. The van der Waals surface area contributed by atoms with E-state index in [0.29, 0.717) is 0 Å². The van der Waals surface area contributed by atoms with Crippen LogP contribution >= 0.6 is 0 Å². The van der Waals surface area contributed by atoms with Gasteiger partial charge in [0, 0.05) is 11.8 Å². The van der Waals surface area contributed by atoms with Crippen LogP contribution in [0.3, 0.4) is 0 Å². The first-order chi connectivity index (χ1) is 15.3. The first-order valence-corrected chi connectivity index (χ1v) is 13.0. The maximum absolute atomic E-state index is 4.67. The van der Waals surface area contributed by atoms with E-state index in [4.69, 9.17) is 0 Å². The van der Waals surface area contributed by atoms with E-state index >= 15 is 0 Å². The predicted octanol–water partition coefficient (Wildman–Crippen LogP) is 8.97. The lowest BCUT2D eigenvalue weighted by Gasteiger charge is -2.26. The van der Waals surface area contributed by atoms with Crippen LogP contribution < -0.4 is 0 Å². The van der Waals surface area contributed by atoms with Crippen molar-refractivity contribution in [3.05, 3.63) is 65.9 Å². The van der Waals surface area contributed by atoms with Crippen molar-refractivity contribution in [3.8, 4) is 11.3 Å². The summed E-state index contributed by atoms with van der Waals surface area (Å²) >= 11 is 0. The molecule has 0 unspecified atom stereocenters. The molecule has 3 rings (SSSR count). The van der Waals surface area contributed by atoms with Crippen LogP contribution in [0, 0.1) is 11.8 Å². The van der Waals surface area contributed by atoms with Gasteiger partial charge in [-0.1, -0.05) is 88.4 Å². The van der Waals surface area contributed by atoms with Crippen LogP contribution in [-0.2, 0) is 12.8 Å². The SMILES string of the molecule is CCCCC[C@H]1CC[C@H](C=CCCc2ccc(-c3ccc(CCCC)cn3)cc2)CC1. The predicted molar refractivity (Wildman–Crippen MR) is 135 cm³/mol. The summed E-state index contributed by atoms with van der Waals surface area (Å²) in [5.74, 6) is 1.84. The van der Waals surface area contributed by atoms with E-state index in [0.717, 1.165) is 36.8 Å². The summed E-state index contributed by atoms with van der Waals surface area (Å²) < 4.78 is 0. The molecule has 2 aromatic rings. The largest absolute Gasteiger partial charge is 0.256 e. The highest BCUT2D eigenvalue weighted by Crippen LogP contribution is 2.32. The average molecular weight is 418 g/mol. The summed E-state index contributed by atoms with van der Waals surface area (Å²) in [5, 5.41) is 0. The van der Waals surface area contributed by atoms with Crippen LogP contribution in [0.1, 0.15) is 95.6 Å². The van der Waals surface area contributed by atoms with Crippen molar-refractivity contribution in [2.24, 2.45) is 11.8 Å². The molecule has 1 nitrogen and oxygen atoms in total. The number of aromatic nitrogens is 1. The second-order valence-corrected chi connectivity index (χ2v) is 9.60. The van der Waals surface area contributed by atoms with Crippen molar-refractivity contribution < 1.29 is 0 Å². The summed E-state index contributed by atoms with van der Waals surface area (Å²) in [5.41, 5.74) is 5.07. The molecule has 0 saturated heterocycles. The fraction of sp³-hybridized carbons (Fsp3) is 0.567. The second kappa shape index (κ2) is 13.5. The second-order valence-electron chi connectivity index (χ2n) is 9.60. The zero-order chi connectivity index (χ0) is 21.7. The Kier molecular flexibility index (Phi) is 10.4. The van der Waals surface area contributed by atoms with E-state index in [-0.39, 0.29) is 0 Å². The standard InChI is InChI=1S/C30H43N/c1-3-5-7-11-25-14-16-26(17-15-25)12-8-9-13-27-18-21-29(22-19-27)30-23-20-28(24-31-30)10-6-4-2/h8,12,18-26H,3-7,9-11,13-17H2,1-2H3/t25-,26-. The van der Waals surface area contributed by atoms with Crippen LogP contribution in [0.5, 0.6) is 0 Å². The Morgan fingerprint density at radius 1 is 0.806 bits per heavy atom. The Labute approximate surface area is 191 Å². The van der Waals surface area contributed by atoms with Crippen LogP contribution in [0.15, 0.2) is 54.7 Å². The molecule has 0 amide bonds. The third-order valence-corrected chi connectivity index (χ3v) is 7.01. The smallest absolute Gasteiger partial charge is 0.0702 e. The molecule has 31 heavy (non-hydrogen) atoms. The average Bonchev–Trinajstić information content (AvgIpc) is 2.82. The van der Waals surface area contributed by atoms with Crippen LogP contribution in [0.25, 0.3) is 11.3 Å². The summed E-state index contributed by atoms with van der Waals surface area (Å²) in [6, 6.07) is 13.4. The minimum absolute atomic E-state index is 0.830. The van der Waals surface area contributed by atoms with Gasteiger partial charge in [-0.2, -0.15) is 0 Å². The quantitative estimate of drug-likeness (QED) is 0.248. The van der Waals surface area contributed by atoms with E-state index in [1.54, 1.807) is 0 Å². The molecule has 1 aliphatic carbocycles. The van der Waals surface area contributed by atoms with Gasteiger partial charge in [-0.25, -0.2) is 0 Å². The Morgan fingerprint density at radius 2 is 1.55 bits per heavy atom. The highest BCUT2D eigenvalue weighted by Gasteiger charge is 2.18. The molecule has 1 saturated carbocycles. The molecular formula is C30H43N. The lowest BCUT2D eigenvalue weighted by Crippen LogP contribution is -2.13. The fourth-order valence-electron chi connectivity index (χ4n) is 4.86. The molecule has 1 heterocycles. The first-order valence-electron chi connectivity index (χ1n) is 13.0. The van der Waals surface area contributed by atoms with Gasteiger partial charge >= 0.3 is 0 Å². The molecule has 168 valence electrons. The number of pyridine rings is 1. The number of nitrogens with zero attached hydrogens (tertiary/aromatic N) is 1. The molecule has 1 aromatic heterocycles. The molecule has 0 N–H and O–H groups in total. The van der Waals surface area contributed by atoms with E-state index in [1.807, 2.05) is 6.20 Å². The van der Waals surface area contributed by atoms with Gasteiger partial charge in [0.15, 0.2) is 0 Å². The molecule has 0 bridgehead atoms. The highest BCUT2D eigenvalue weighted by atomic mass is 14.7. The number of unbranched alkanes of at least 4 members (excludes halogenated alkanes) is 3. The third kappa shape index (κ3) is 8.28. The van der Waals surface area contributed by atoms with E-state index in [2.05, 4.69) is 67.4 Å². The highest BCUT2D eigenvalue weighted by molar-refractivity contribution is 5.59. The van der Waals surface area contributed by atoms with E-state index < -0.39 is 0 Å². The molecule has 0 spiro atoms. The number of rotatable bonds is 12. The van der Waals surface area contributed by atoms with E-state index in [9.17, 15) is 0 Å².